The summed E-state index contributed by atoms with van der Waals surface area (Å²) in [5.74, 6) is -1.14. The highest BCUT2D eigenvalue weighted by Crippen LogP contribution is 2.51. The maximum absolute atomic E-state index is 13.6. The maximum atomic E-state index is 13.6. The molecule has 43 heavy (non-hydrogen) atoms. The number of likely N-dealkylation sites (tertiary alicyclic amines) is 1. The molecule has 2 saturated heterocycles. The first-order chi connectivity index (χ1) is 20.7. The molecule has 0 radical (unpaired) electrons. The highest BCUT2D eigenvalue weighted by atomic mass is 16.5. The predicted octanol–water partition coefficient (Wildman–Crippen LogP) is 7.13. The normalized spacial score (nSPS) is 23.9. The molecular weight excluding hydrogens is 542 g/mol. The first-order valence-electron chi connectivity index (χ1n) is 16.0. The predicted molar refractivity (Wildman–Crippen MR) is 167 cm³/mol. The van der Waals surface area contributed by atoms with Crippen molar-refractivity contribution >= 4 is 34.6 Å². The third-order valence-electron chi connectivity index (χ3n) is 9.60. The first-order valence-corrected chi connectivity index (χ1v) is 16.0. The van der Waals surface area contributed by atoms with E-state index in [1.54, 1.807) is 6.07 Å². The molecule has 0 saturated carbocycles. The Bertz CT molecular complexity index is 1440. The van der Waals surface area contributed by atoms with Crippen LogP contribution in [0.2, 0.25) is 0 Å². The Labute approximate surface area is 254 Å². The number of fused-ring (bicyclic) bond motifs is 4. The maximum Gasteiger partial charge on any atom is 0.303 e. The van der Waals surface area contributed by atoms with E-state index in [2.05, 4.69) is 26.8 Å². The number of imide groups is 1. The summed E-state index contributed by atoms with van der Waals surface area (Å²) in [6.07, 6.45) is 8.50. The van der Waals surface area contributed by atoms with Gasteiger partial charge in [-0.25, -0.2) is 0 Å². The van der Waals surface area contributed by atoms with E-state index in [4.69, 9.17) is 9.84 Å². The molecule has 3 aliphatic rings. The number of aromatic hydroxyl groups is 1. The smallest absolute Gasteiger partial charge is 0.303 e. The first kappa shape index (κ1) is 31.0. The molecule has 0 unspecified atom stereocenters. The van der Waals surface area contributed by atoms with Crippen LogP contribution >= 0.6 is 0 Å². The second-order valence-electron chi connectivity index (χ2n) is 12.7. The standard InChI is InChI=1S/C36H45NO6/c1-4-10-23(19-24-15-16-30(38)26-12-8-7-11-25(24)26)14-17-31-33-27(22(2)3)20-28-34(29(33)21-43-31)36(42)37(35(28)41)18-9-5-6-13-32(39)40/h7-8,11-12,15-16,19,22,28-29,31,34,38H,4-6,9-10,13-14,17-18,20-21H2,1-3H3,(H,39,40)/b23-19+/t28-,29+,31-,34-/m1/s1. The summed E-state index contributed by atoms with van der Waals surface area (Å²) in [6.45, 7) is 7.37. The number of phenols is 1. The van der Waals surface area contributed by atoms with E-state index in [0.717, 1.165) is 42.0 Å². The van der Waals surface area contributed by atoms with Crippen molar-refractivity contribution in [1.82, 2.24) is 4.90 Å². The number of carbonyl (C=O) groups is 3. The summed E-state index contributed by atoms with van der Waals surface area (Å²) in [4.78, 5) is 39.4. The number of carboxylic acid groups (broad SMARTS) is 1. The van der Waals surface area contributed by atoms with Crippen molar-refractivity contribution in [3.63, 3.8) is 0 Å². The fourth-order valence-corrected chi connectivity index (χ4v) is 7.53. The van der Waals surface area contributed by atoms with Gasteiger partial charge in [0.05, 0.1) is 24.5 Å². The van der Waals surface area contributed by atoms with Gasteiger partial charge in [0.25, 0.3) is 0 Å². The Kier molecular flexibility index (Phi) is 9.70. The quantitative estimate of drug-likeness (QED) is 0.147. The largest absolute Gasteiger partial charge is 0.507 e. The molecular formula is C36H45NO6. The van der Waals surface area contributed by atoms with E-state index in [1.807, 2.05) is 30.3 Å². The molecule has 7 nitrogen and oxygen atoms in total. The Morgan fingerprint density at radius 1 is 1.00 bits per heavy atom. The number of ether oxygens (including phenoxy) is 1. The highest BCUT2D eigenvalue weighted by Gasteiger charge is 2.56. The zero-order valence-electron chi connectivity index (χ0n) is 25.7. The lowest BCUT2D eigenvalue weighted by atomic mass is 9.67. The summed E-state index contributed by atoms with van der Waals surface area (Å²) < 4.78 is 6.45. The van der Waals surface area contributed by atoms with Crippen molar-refractivity contribution in [1.29, 1.82) is 0 Å². The molecule has 1 aliphatic carbocycles. The molecule has 5 rings (SSSR count). The highest BCUT2D eigenvalue weighted by molar-refractivity contribution is 6.06. The molecule has 4 atom stereocenters. The number of rotatable bonds is 13. The van der Waals surface area contributed by atoms with E-state index in [0.29, 0.717) is 38.8 Å². The molecule has 2 aromatic rings. The van der Waals surface area contributed by atoms with Crippen LogP contribution in [0.5, 0.6) is 5.75 Å². The van der Waals surface area contributed by atoms with Crippen LogP contribution in [0.25, 0.3) is 16.8 Å². The van der Waals surface area contributed by atoms with Gasteiger partial charge in [-0.05, 0) is 67.0 Å². The van der Waals surface area contributed by atoms with Gasteiger partial charge in [-0.3, -0.25) is 19.3 Å². The second-order valence-corrected chi connectivity index (χ2v) is 12.7. The number of hydrogen-bond acceptors (Lipinski definition) is 5. The summed E-state index contributed by atoms with van der Waals surface area (Å²) in [5.41, 5.74) is 4.98. The SMILES string of the molecule is CCC/C(=C\c1ccc(O)c2ccccc12)CC[C@H]1OC[C@H]2C1=C(C(C)C)C[C@H]1C(=O)N(CCCCCC(=O)O)C(=O)[C@H]12. The van der Waals surface area contributed by atoms with Gasteiger partial charge in [0.15, 0.2) is 0 Å². The van der Waals surface area contributed by atoms with Crippen molar-refractivity contribution in [2.45, 2.75) is 84.7 Å². The van der Waals surface area contributed by atoms with Crippen molar-refractivity contribution in [3.8, 4) is 5.75 Å². The number of carboxylic acids is 1. The van der Waals surface area contributed by atoms with Crippen LogP contribution in [-0.4, -0.2) is 52.2 Å². The number of benzene rings is 2. The number of amides is 2. The average molecular weight is 588 g/mol. The van der Waals surface area contributed by atoms with Gasteiger partial charge in [-0.1, -0.05) is 81.2 Å². The van der Waals surface area contributed by atoms with Crippen LogP contribution in [-0.2, 0) is 19.1 Å². The Morgan fingerprint density at radius 2 is 1.77 bits per heavy atom. The molecule has 2 amide bonds. The lowest BCUT2D eigenvalue weighted by Crippen LogP contribution is -2.35. The summed E-state index contributed by atoms with van der Waals surface area (Å²) in [7, 11) is 0. The van der Waals surface area contributed by atoms with Gasteiger partial charge in [0, 0.05) is 24.3 Å². The lowest BCUT2D eigenvalue weighted by Gasteiger charge is -2.33. The van der Waals surface area contributed by atoms with Gasteiger partial charge in [-0.2, -0.15) is 0 Å². The zero-order valence-corrected chi connectivity index (χ0v) is 25.7. The molecule has 230 valence electrons. The molecule has 0 aromatic heterocycles. The van der Waals surface area contributed by atoms with Crippen LogP contribution < -0.4 is 0 Å². The number of allylic oxidation sites excluding steroid dienone is 2. The van der Waals surface area contributed by atoms with Gasteiger partial charge < -0.3 is 14.9 Å². The molecule has 0 bridgehead atoms. The summed E-state index contributed by atoms with van der Waals surface area (Å²) in [5, 5.41) is 21.1. The number of aliphatic carboxylic acids is 1. The minimum Gasteiger partial charge on any atom is -0.507 e. The molecule has 2 fully saturated rings. The molecule has 2 aliphatic heterocycles. The van der Waals surface area contributed by atoms with Crippen LogP contribution in [0.15, 0.2) is 53.1 Å². The van der Waals surface area contributed by atoms with Crippen LogP contribution in [0.4, 0.5) is 0 Å². The summed E-state index contributed by atoms with van der Waals surface area (Å²) >= 11 is 0. The monoisotopic (exact) mass is 587 g/mol. The van der Waals surface area contributed by atoms with Crippen LogP contribution in [0.3, 0.4) is 0 Å². The van der Waals surface area contributed by atoms with Gasteiger partial charge in [0.1, 0.15) is 5.75 Å². The Balaban J connectivity index is 1.32. The van der Waals surface area contributed by atoms with Crippen molar-refractivity contribution < 1.29 is 29.3 Å². The van der Waals surface area contributed by atoms with E-state index in [9.17, 15) is 19.5 Å². The fourth-order valence-electron chi connectivity index (χ4n) is 7.53. The molecule has 2 N–H and O–H groups in total. The van der Waals surface area contributed by atoms with Crippen LogP contribution in [0, 0.1) is 23.7 Å². The van der Waals surface area contributed by atoms with Gasteiger partial charge in [0.2, 0.25) is 11.8 Å². The minimum absolute atomic E-state index is 0.0609. The third kappa shape index (κ3) is 6.42. The van der Waals surface area contributed by atoms with E-state index in [1.165, 1.54) is 21.6 Å². The number of unbranched alkanes of at least 4 members (excludes halogenated alkanes) is 2. The molecule has 2 heterocycles. The topological polar surface area (TPSA) is 104 Å². The molecule has 7 heteroatoms. The molecule has 2 aromatic carbocycles. The lowest BCUT2D eigenvalue weighted by molar-refractivity contribution is -0.141. The van der Waals surface area contributed by atoms with E-state index < -0.39 is 5.97 Å². The molecule has 0 spiro atoms. The van der Waals surface area contributed by atoms with Gasteiger partial charge >= 0.3 is 5.97 Å². The zero-order chi connectivity index (χ0) is 30.7. The summed E-state index contributed by atoms with van der Waals surface area (Å²) in [6, 6.07) is 11.7. The Morgan fingerprint density at radius 3 is 2.49 bits per heavy atom. The second kappa shape index (κ2) is 13.5. The fraction of sp³-hybridized carbons (Fsp3) is 0.528. The van der Waals surface area contributed by atoms with Crippen LogP contribution in [0.1, 0.15) is 84.1 Å². The number of hydrogen-bond donors (Lipinski definition) is 2. The average Bonchev–Trinajstić information content (AvgIpc) is 3.51. The van der Waals surface area contributed by atoms with Gasteiger partial charge in [-0.15, -0.1) is 0 Å². The van der Waals surface area contributed by atoms with E-state index in [-0.39, 0.29) is 53.8 Å². The third-order valence-corrected chi connectivity index (χ3v) is 9.60. The van der Waals surface area contributed by atoms with Crippen molar-refractivity contribution in [3.05, 3.63) is 58.7 Å². The number of carbonyl (C=O) groups excluding carboxylic acids is 2. The minimum atomic E-state index is -0.818. The Hall–Kier alpha value is -3.45. The number of phenolic OH excluding ortho intramolecular Hbond substituents is 1. The van der Waals surface area contributed by atoms with E-state index >= 15 is 0 Å². The number of nitrogens with zero attached hydrogens (tertiary/aromatic N) is 1. The van der Waals surface area contributed by atoms with Crippen molar-refractivity contribution in [2.24, 2.45) is 23.7 Å². The van der Waals surface area contributed by atoms with Crippen molar-refractivity contribution in [2.75, 3.05) is 13.2 Å².